The van der Waals surface area contributed by atoms with Crippen molar-refractivity contribution in [2.24, 2.45) is 0 Å². The van der Waals surface area contributed by atoms with Gasteiger partial charge in [-0.15, -0.1) is 0 Å². The molecule has 2 aromatic carbocycles. The largest absolute Gasteiger partial charge is 0.492 e. The maximum Gasteiger partial charge on any atom is 0.339 e. The molecule has 28 heavy (non-hydrogen) atoms. The molecule has 3 aromatic rings. The van der Waals surface area contributed by atoms with Crippen molar-refractivity contribution < 1.29 is 13.9 Å². The Morgan fingerprint density at radius 3 is 2.71 bits per heavy atom. The summed E-state index contributed by atoms with van der Waals surface area (Å²) in [4.78, 5) is 14.7. The summed E-state index contributed by atoms with van der Waals surface area (Å²) in [6.07, 6.45) is 3.93. The zero-order valence-electron chi connectivity index (χ0n) is 16.0. The van der Waals surface area contributed by atoms with Crippen LogP contribution in [0.25, 0.3) is 11.0 Å². The Hall–Kier alpha value is -2.95. The van der Waals surface area contributed by atoms with Gasteiger partial charge in [0.1, 0.15) is 17.1 Å². The predicted molar refractivity (Wildman–Crippen MR) is 108 cm³/mol. The summed E-state index contributed by atoms with van der Waals surface area (Å²) in [6.45, 7) is 3.62. The minimum absolute atomic E-state index is 0.192. The van der Waals surface area contributed by atoms with Crippen LogP contribution in [-0.4, -0.2) is 13.3 Å². The molecule has 1 aromatic heterocycles. The number of para-hydroxylation sites is 2. The van der Waals surface area contributed by atoms with E-state index in [2.05, 4.69) is 4.90 Å². The fourth-order valence-corrected chi connectivity index (χ4v) is 4.37. The fourth-order valence-electron chi connectivity index (χ4n) is 4.37. The van der Waals surface area contributed by atoms with E-state index < -0.39 is 0 Å². The Labute approximate surface area is 163 Å². The highest BCUT2D eigenvalue weighted by Gasteiger charge is 2.26. The van der Waals surface area contributed by atoms with Crippen molar-refractivity contribution >= 4 is 16.7 Å². The van der Waals surface area contributed by atoms with E-state index in [0.29, 0.717) is 25.5 Å². The lowest BCUT2D eigenvalue weighted by molar-refractivity contribution is 0.284. The lowest BCUT2D eigenvalue weighted by atomic mass is 9.90. The van der Waals surface area contributed by atoms with Crippen molar-refractivity contribution in [1.29, 1.82) is 0 Å². The average Bonchev–Trinajstić information content (AvgIpc) is 2.74. The molecule has 144 valence electrons. The molecule has 0 fully saturated rings. The van der Waals surface area contributed by atoms with Gasteiger partial charge in [-0.25, -0.2) is 4.79 Å². The number of benzene rings is 2. The first-order valence-electron chi connectivity index (χ1n) is 9.96. The van der Waals surface area contributed by atoms with E-state index in [1.165, 1.54) is 0 Å². The van der Waals surface area contributed by atoms with Crippen LogP contribution in [0.15, 0.2) is 45.6 Å². The topological polar surface area (TPSA) is 51.9 Å². The Morgan fingerprint density at radius 1 is 1.04 bits per heavy atom. The number of aryl methyl sites for hydroxylation is 1. The smallest absolute Gasteiger partial charge is 0.339 e. The highest BCUT2D eigenvalue weighted by molar-refractivity contribution is 5.87. The van der Waals surface area contributed by atoms with Gasteiger partial charge in [-0.05, 0) is 62.4 Å². The lowest BCUT2D eigenvalue weighted by Crippen LogP contribution is -2.32. The third-order valence-electron chi connectivity index (χ3n) is 5.68. The maximum atomic E-state index is 12.6. The minimum Gasteiger partial charge on any atom is -0.492 e. The lowest BCUT2D eigenvalue weighted by Gasteiger charge is -2.32. The van der Waals surface area contributed by atoms with E-state index in [4.69, 9.17) is 13.9 Å². The Morgan fingerprint density at radius 2 is 1.86 bits per heavy atom. The van der Waals surface area contributed by atoms with Gasteiger partial charge in [-0.1, -0.05) is 12.1 Å². The minimum atomic E-state index is -0.192. The van der Waals surface area contributed by atoms with Gasteiger partial charge in [-0.3, -0.25) is 0 Å². The van der Waals surface area contributed by atoms with Crippen molar-refractivity contribution in [3.05, 3.63) is 63.5 Å². The van der Waals surface area contributed by atoms with Crippen molar-refractivity contribution in [3.63, 3.8) is 0 Å². The first kappa shape index (κ1) is 17.2. The van der Waals surface area contributed by atoms with Gasteiger partial charge >= 0.3 is 5.63 Å². The number of ether oxygens (including phenoxy) is 2. The summed E-state index contributed by atoms with van der Waals surface area (Å²) in [5, 5.41) is 1.05. The zero-order valence-corrected chi connectivity index (χ0v) is 16.0. The fraction of sp³-hybridized carbons (Fsp3) is 0.348. The van der Waals surface area contributed by atoms with Crippen LogP contribution in [0.1, 0.15) is 36.5 Å². The van der Waals surface area contributed by atoms with Crippen LogP contribution in [0.5, 0.6) is 11.5 Å². The third-order valence-corrected chi connectivity index (χ3v) is 5.68. The van der Waals surface area contributed by atoms with E-state index in [1.54, 1.807) is 0 Å². The quantitative estimate of drug-likeness (QED) is 0.632. The van der Waals surface area contributed by atoms with E-state index in [9.17, 15) is 4.79 Å². The summed E-state index contributed by atoms with van der Waals surface area (Å²) in [7, 11) is 0. The van der Waals surface area contributed by atoms with Gasteiger partial charge in [0.25, 0.3) is 0 Å². The summed E-state index contributed by atoms with van der Waals surface area (Å²) in [6, 6.07) is 12.0. The van der Waals surface area contributed by atoms with E-state index >= 15 is 0 Å². The molecule has 2 aliphatic rings. The molecule has 0 saturated carbocycles. The second-order valence-corrected chi connectivity index (χ2v) is 7.34. The highest BCUT2D eigenvalue weighted by Crippen LogP contribution is 2.38. The molecule has 0 atom stereocenters. The van der Waals surface area contributed by atoms with E-state index in [0.717, 1.165) is 64.9 Å². The molecule has 1 aliphatic carbocycles. The van der Waals surface area contributed by atoms with Gasteiger partial charge in [0.2, 0.25) is 0 Å². The second-order valence-electron chi connectivity index (χ2n) is 7.34. The van der Waals surface area contributed by atoms with Crippen molar-refractivity contribution in [2.45, 2.75) is 39.2 Å². The molecule has 0 saturated heterocycles. The second kappa shape index (κ2) is 6.89. The summed E-state index contributed by atoms with van der Waals surface area (Å²) in [5.74, 6) is 1.62. The van der Waals surface area contributed by atoms with Crippen molar-refractivity contribution in [3.8, 4) is 11.5 Å². The molecule has 0 bridgehead atoms. The molecular weight excluding hydrogens is 354 g/mol. The molecule has 0 radical (unpaired) electrons. The summed E-state index contributed by atoms with van der Waals surface area (Å²) >= 11 is 0. The molecular formula is C23H23NO4. The SMILES string of the molecule is CCOc1ccccc1N1COc2ccc3c4c(c(=O)oc3c2C1)CCCC4. The maximum absolute atomic E-state index is 12.6. The van der Waals surface area contributed by atoms with Gasteiger partial charge in [-0.2, -0.15) is 0 Å². The van der Waals surface area contributed by atoms with Crippen LogP contribution in [0.3, 0.4) is 0 Å². The van der Waals surface area contributed by atoms with Crippen LogP contribution in [-0.2, 0) is 19.4 Å². The van der Waals surface area contributed by atoms with Crippen LogP contribution in [0.4, 0.5) is 5.69 Å². The van der Waals surface area contributed by atoms with Crippen molar-refractivity contribution in [1.82, 2.24) is 0 Å². The van der Waals surface area contributed by atoms with Crippen molar-refractivity contribution in [2.75, 3.05) is 18.2 Å². The Balaban J connectivity index is 1.62. The molecule has 2 heterocycles. The monoisotopic (exact) mass is 377 g/mol. The van der Waals surface area contributed by atoms with E-state index in [-0.39, 0.29) is 5.63 Å². The van der Waals surface area contributed by atoms with Crippen LogP contribution < -0.4 is 20.0 Å². The Kier molecular flexibility index (Phi) is 4.23. The molecule has 0 unspecified atom stereocenters. The Bertz CT molecular complexity index is 1100. The molecule has 5 nitrogen and oxygen atoms in total. The van der Waals surface area contributed by atoms with Gasteiger partial charge in [0.15, 0.2) is 6.73 Å². The molecule has 5 rings (SSSR count). The number of anilines is 1. The normalized spacial score (nSPS) is 15.7. The third kappa shape index (κ3) is 2.73. The highest BCUT2D eigenvalue weighted by atomic mass is 16.5. The number of nitrogens with zero attached hydrogens (tertiary/aromatic N) is 1. The first-order valence-corrected chi connectivity index (χ1v) is 9.96. The predicted octanol–water partition coefficient (Wildman–Crippen LogP) is 4.43. The molecule has 0 spiro atoms. The van der Waals surface area contributed by atoms with Crippen LogP contribution in [0.2, 0.25) is 0 Å². The molecule has 5 heteroatoms. The standard InChI is InChI=1S/C23H23NO4/c1-2-26-21-10-6-5-9-19(21)24-13-18-20(27-14-24)12-11-16-15-7-3-4-8-17(15)23(25)28-22(16)18/h5-6,9-12H,2-4,7-8,13-14H2,1H3. The summed E-state index contributed by atoms with van der Waals surface area (Å²) < 4.78 is 17.6. The number of fused-ring (bicyclic) bond motifs is 5. The number of hydrogen-bond acceptors (Lipinski definition) is 5. The molecule has 0 N–H and O–H groups in total. The van der Waals surface area contributed by atoms with Crippen LogP contribution in [0, 0.1) is 0 Å². The van der Waals surface area contributed by atoms with Gasteiger partial charge in [0, 0.05) is 10.9 Å². The zero-order chi connectivity index (χ0) is 19.1. The molecule has 1 aliphatic heterocycles. The van der Waals surface area contributed by atoms with Crippen LogP contribution >= 0.6 is 0 Å². The van der Waals surface area contributed by atoms with E-state index in [1.807, 2.05) is 43.3 Å². The summed E-state index contributed by atoms with van der Waals surface area (Å²) in [5.41, 5.74) is 4.40. The average molecular weight is 377 g/mol. The number of hydrogen-bond donors (Lipinski definition) is 0. The van der Waals surface area contributed by atoms with Gasteiger partial charge in [0.05, 0.1) is 24.4 Å². The van der Waals surface area contributed by atoms with Gasteiger partial charge < -0.3 is 18.8 Å². The first-order chi connectivity index (χ1) is 13.8. The molecule has 0 amide bonds. The number of rotatable bonds is 3.